The van der Waals surface area contributed by atoms with Crippen LogP contribution in [-0.2, 0) is 38.1 Å². The van der Waals surface area contributed by atoms with Gasteiger partial charge in [0.2, 0.25) is 0 Å². The zero-order chi connectivity index (χ0) is 40.6. The Hall–Kier alpha value is -4.77. The van der Waals surface area contributed by atoms with E-state index >= 15 is 0 Å². The van der Waals surface area contributed by atoms with Gasteiger partial charge in [-0.25, -0.2) is 14.4 Å². The number of nitrogens with one attached hydrogen (secondary N) is 2. The van der Waals surface area contributed by atoms with Crippen LogP contribution in [0.15, 0.2) is 36.4 Å². The minimum absolute atomic E-state index is 0.0302. The van der Waals surface area contributed by atoms with Gasteiger partial charge in [-0.2, -0.15) is 13.2 Å². The molecular formula is C38H47ClF3N6O8+. The van der Waals surface area contributed by atoms with Crippen molar-refractivity contribution in [3.8, 4) is 0 Å². The van der Waals surface area contributed by atoms with Crippen molar-refractivity contribution < 1.29 is 57.0 Å². The van der Waals surface area contributed by atoms with Gasteiger partial charge in [0.15, 0.2) is 11.6 Å². The average Bonchev–Trinajstić information content (AvgIpc) is 3.33. The molecular weight excluding hydrogens is 761 g/mol. The summed E-state index contributed by atoms with van der Waals surface area (Å²) in [6.07, 6.45) is -5.64. The van der Waals surface area contributed by atoms with Crippen LogP contribution in [0.25, 0.3) is 0 Å². The number of urea groups is 1. The second kappa shape index (κ2) is 16.0. The fraction of sp³-hybridized carbons (Fsp3) is 0.553. The van der Waals surface area contributed by atoms with Crippen LogP contribution in [0.3, 0.4) is 0 Å². The number of nitrogen functional groups attached to an aromatic ring is 1. The van der Waals surface area contributed by atoms with Crippen molar-refractivity contribution in [2.24, 2.45) is 5.41 Å². The molecule has 0 spiro atoms. The lowest BCUT2D eigenvalue weighted by atomic mass is 9.77. The Labute approximate surface area is 326 Å². The van der Waals surface area contributed by atoms with Crippen LogP contribution in [0, 0.1) is 5.41 Å². The molecule has 1 atom stereocenters. The number of anilines is 2. The second-order valence-corrected chi connectivity index (χ2v) is 16.0. The fourth-order valence-electron chi connectivity index (χ4n) is 8.54. The number of quaternary nitrogens is 1. The molecule has 14 nitrogen and oxygen atoms in total. The van der Waals surface area contributed by atoms with E-state index in [-0.39, 0.29) is 74.5 Å². The topological polar surface area (TPSA) is 187 Å². The van der Waals surface area contributed by atoms with E-state index in [1.54, 1.807) is 11.8 Å². The van der Waals surface area contributed by atoms with Gasteiger partial charge >= 0.3 is 30.2 Å². The van der Waals surface area contributed by atoms with Crippen molar-refractivity contribution in [1.29, 1.82) is 0 Å². The number of rotatable bonds is 8. The molecule has 0 radical (unpaired) electrons. The quantitative estimate of drug-likeness (QED) is 0.248. The molecule has 4 aliphatic heterocycles. The number of halogens is 4. The summed E-state index contributed by atoms with van der Waals surface area (Å²) in [7, 11) is 0. The monoisotopic (exact) mass is 807 g/mol. The third-order valence-electron chi connectivity index (χ3n) is 12.2. The summed E-state index contributed by atoms with van der Waals surface area (Å²) >= 11 is 6.10. The molecule has 56 heavy (non-hydrogen) atoms. The highest BCUT2D eigenvalue weighted by molar-refractivity contribution is 6.33. The molecule has 3 fully saturated rings. The van der Waals surface area contributed by atoms with E-state index in [9.17, 15) is 47.4 Å². The van der Waals surface area contributed by atoms with Gasteiger partial charge in [-0.1, -0.05) is 29.8 Å². The minimum Gasteiger partial charge on any atom is -0.481 e. The molecule has 6 N–H and O–H groups in total. The van der Waals surface area contributed by atoms with Gasteiger partial charge in [-0.05, 0) is 55.5 Å². The molecule has 0 aromatic heterocycles. The Morgan fingerprint density at radius 3 is 2.23 bits per heavy atom. The van der Waals surface area contributed by atoms with E-state index in [1.807, 2.05) is 24.3 Å². The van der Waals surface area contributed by atoms with Crippen molar-refractivity contribution in [1.82, 2.24) is 14.7 Å². The van der Waals surface area contributed by atoms with E-state index in [0.29, 0.717) is 38.9 Å². The van der Waals surface area contributed by atoms with E-state index in [0.717, 1.165) is 22.2 Å². The van der Waals surface area contributed by atoms with Crippen LogP contribution in [0.1, 0.15) is 62.1 Å². The lowest BCUT2D eigenvalue weighted by Gasteiger charge is -2.46. The zero-order valence-electron chi connectivity index (χ0n) is 31.0. The van der Waals surface area contributed by atoms with Gasteiger partial charge in [0, 0.05) is 76.6 Å². The van der Waals surface area contributed by atoms with E-state index in [2.05, 4.69) is 5.32 Å². The highest BCUT2D eigenvalue weighted by atomic mass is 35.5. The third-order valence-corrected chi connectivity index (χ3v) is 12.5. The summed E-state index contributed by atoms with van der Waals surface area (Å²) in [6.45, 7) is 3.06. The van der Waals surface area contributed by atoms with Gasteiger partial charge in [-0.3, -0.25) is 9.59 Å². The molecule has 4 aliphatic rings. The highest BCUT2D eigenvalue weighted by Crippen LogP contribution is 2.38. The molecule has 4 heterocycles. The van der Waals surface area contributed by atoms with Crippen LogP contribution in [-0.4, -0.2) is 118 Å². The van der Waals surface area contributed by atoms with Crippen molar-refractivity contribution in [2.75, 3.05) is 56.9 Å². The number of alkyl halides is 3. The number of carboxylic acids is 2. The number of para-hydroxylation sites is 1. The molecule has 304 valence electrons. The summed E-state index contributed by atoms with van der Waals surface area (Å²) < 4.78 is 47.5. The molecule has 6 rings (SSSR count). The molecule has 2 aromatic carbocycles. The summed E-state index contributed by atoms with van der Waals surface area (Å²) in [5.74, 6) is -2.71. The number of amides is 4. The van der Waals surface area contributed by atoms with Gasteiger partial charge in [0.25, 0.3) is 5.91 Å². The Morgan fingerprint density at radius 2 is 1.62 bits per heavy atom. The molecule has 0 unspecified atom stereocenters. The van der Waals surface area contributed by atoms with Crippen molar-refractivity contribution in [2.45, 2.75) is 82.2 Å². The van der Waals surface area contributed by atoms with Crippen LogP contribution in [0.5, 0.6) is 0 Å². The third kappa shape index (κ3) is 8.33. The maximum absolute atomic E-state index is 14.2. The lowest BCUT2D eigenvalue weighted by molar-refractivity contribution is -0.950. The lowest BCUT2D eigenvalue weighted by Crippen LogP contribution is -3.23. The Balaban J connectivity index is 1.16. The van der Waals surface area contributed by atoms with Gasteiger partial charge in [-0.15, -0.1) is 0 Å². The number of carboxylic acid groups (broad SMARTS) is 2. The van der Waals surface area contributed by atoms with E-state index < -0.39 is 64.8 Å². The second-order valence-electron chi connectivity index (χ2n) is 15.5. The number of aliphatic carboxylic acids is 2. The van der Waals surface area contributed by atoms with Crippen LogP contribution >= 0.6 is 11.6 Å². The largest absolute Gasteiger partial charge is 0.481 e. The van der Waals surface area contributed by atoms with E-state index in [4.69, 9.17) is 22.1 Å². The first-order valence-corrected chi connectivity index (χ1v) is 19.2. The van der Waals surface area contributed by atoms with Crippen molar-refractivity contribution >= 4 is 52.9 Å². The maximum Gasteiger partial charge on any atom is 0.418 e. The van der Waals surface area contributed by atoms with Crippen molar-refractivity contribution in [3.63, 3.8) is 0 Å². The number of likely N-dealkylation sites (tertiary alicyclic amines) is 3. The molecule has 0 saturated carbocycles. The molecule has 3 saturated heterocycles. The number of fused-ring (bicyclic) bond motifs is 1. The number of nitrogens with zero attached hydrogens (tertiary/aromatic N) is 3. The number of piperidine rings is 3. The van der Waals surface area contributed by atoms with Crippen LogP contribution in [0.2, 0.25) is 5.02 Å². The number of carbonyl (C=O) groups excluding carboxylic acids is 3. The molecule has 0 bridgehead atoms. The summed E-state index contributed by atoms with van der Waals surface area (Å²) in [5, 5.41) is 22.7. The summed E-state index contributed by atoms with van der Waals surface area (Å²) in [6, 6.07) is 9.09. The number of benzene rings is 2. The SMILES string of the molecule is CC1(C(=O)O)CC[NH+](C2(C(=O)O)CCN(C(=O)[C@@H](Cc3cc(Cl)c(N)c(C(F)(F)F)c3)OC(=O)N3CCC(N4CCc5ccccc5NC4=O)CC3)CC2)CC1. The van der Waals surface area contributed by atoms with Crippen molar-refractivity contribution in [3.05, 3.63) is 58.1 Å². The zero-order valence-corrected chi connectivity index (χ0v) is 31.8. The maximum atomic E-state index is 14.2. The van der Waals surface area contributed by atoms with Gasteiger partial charge in [0.1, 0.15) is 0 Å². The molecule has 0 aliphatic carbocycles. The predicted octanol–water partition coefficient (Wildman–Crippen LogP) is 3.76. The number of ether oxygens (including phenoxy) is 1. The normalized spacial score (nSPS) is 23.7. The molecule has 2 aromatic rings. The first-order chi connectivity index (χ1) is 26.4. The first-order valence-electron chi connectivity index (χ1n) is 18.8. The Morgan fingerprint density at radius 1 is 0.982 bits per heavy atom. The fourth-order valence-corrected chi connectivity index (χ4v) is 8.78. The van der Waals surface area contributed by atoms with Gasteiger partial charge in [0.05, 0.1) is 34.8 Å². The standard InChI is InChI=1S/C38H46ClF3N6O8/c1-36(32(50)51)9-18-47(19-10-36)37(33(52)53)11-16-45(17-12-37)31(49)29(22-23-20-26(38(40,41)42)30(43)27(39)21-23)56-35(55)46-13-7-25(8-14-46)48-15-6-24-4-2-3-5-28(24)44-34(48)54/h2-5,20-21,25,29H,6-19,22,43H2,1H3,(H,44,54)(H,50,51)(H,52,53)/p+1/t29-/m1/s1. The number of carbonyl (C=O) groups is 5. The van der Waals surface area contributed by atoms with E-state index in [1.165, 1.54) is 15.9 Å². The summed E-state index contributed by atoms with van der Waals surface area (Å²) in [5.41, 5.74) is 3.23. The number of hydrogen-bond acceptors (Lipinski definition) is 7. The minimum atomic E-state index is -4.86. The average molecular weight is 808 g/mol. The highest BCUT2D eigenvalue weighted by Gasteiger charge is 2.54. The van der Waals surface area contributed by atoms with Crippen LogP contribution < -0.4 is 16.0 Å². The van der Waals surface area contributed by atoms with Crippen LogP contribution in [0.4, 0.5) is 34.1 Å². The Kier molecular flexibility index (Phi) is 11.7. The smallest absolute Gasteiger partial charge is 0.418 e. The Bertz CT molecular complexity index is 1860. The molecule has 4 amide bonds. The number of hydrogen-bond donors (Lipinski definition) is 5. The predicted molar refractivity (Wildman–Crippen MR) is 197 cm³/mol. The first kappa shape index (κ1) is 40.9. The summed E-state index contributed by atoms with van der Waals surface area (Å²) in [4.78, 5) is 70.8. The molecule has 18 heteroatoms. The number of nitrogens with two attached hydrogens (primary N) is 1. The van der Waals surface area contributed by atoms with Gasteiger partial charge < -0.3 is 45.6 Å².